The molecule has 15 unspecified atom stereocenters. The smallest absolute Gasteiger partial charge is 0.338 e. The molecule has 28 nitrogen and oxygen atoms in total. The number of carbonyl (C=O) groups excluding carboxylic acids is 12. The number of amides is 5. The molecule has 5 aliphatic rings. The molecule has 0 saturated carbocycles. The van der Waals surface area contributed by atoms with Gasteiger partial charge in [-0.1, -0.05) is 166 Å². The fourth-order valence-corrected chi connectivity index (χ4v) is 15.9. The van der Waals surface area contributed by atoms with Crippen molar-refractivity contribution in [1.29, 1.82) is 0 Å². The van der Waals surface area contributed by atoms with Gasteiger partial charge in [0.05, 0.1) is 55.6 Å². The highest BCUT2D eigenvalue weighted by Crippen LogP contribution is 2.44. The van der Waals surface area contributed by atoms with Gasteiger partial charge in [0.1, 0.15) is 74.6 Å². The van der Waals surface area contributed by atoms with Gasteiger partial charge in [-0.3, -0.25) is 38.6 Å². The summed E-state index contributed by atoms with van der Waals surface area (Å²) in [4.78, 5) is 182. The Morgan fingerprint density at radius 2 is 0.681 bits per heavy atom. The Bertz CT molecular complexity index is 5170. The Morgan fingerprint density at radius 1 is 0.387 bits per heavy atom. The van der Waals surface area contributed by atoms with E-state index in [1.54, 1.807) is 84.9 Å². The summed E-state index contributed by atoms with van der Waals surface area (Å²) in [5.74, 6) is -11.2. The van der Waals surface area contributed by atoms with Crippen LogP contribution in [0.25, 0.3) is 0 Å². The number of esters is 6. The second kappa shape index (κ2) is 36.8. The van der Waals surface area contributed by atoms with E-state index in [0.29, 0.717) is 11.2 Å². The molecule has 610 valence electrons. The summed E-state index contributed by atoms with van der Waals surface area (Å²) in [5, 5.41) is 2.81. The molecule has 5 heterocycles. The van der Waals surface area contributed by atoms with Crippen molar-refractivity contribution in [3.63, 3.8) is 0 Å². The number of ether oxygens (including phenoxy) is 12. The molecule has 0 aromatic heterocycles. The Morgan fingerprint density at radius 3 is 1.03 bits per heavy atom. The van der Waals surface area contributed by atoms with Crippen molar-refractivity contribution in [2.75, 3.05) is 26.9 Å². The molecule has 0 spiro atoms. The van der Waals surface area contributed by atoms with Gasteiger partial charge in [0, 0.05) is 18.2 Å². The van der Waals surface area contributed by atoms with Crippen LogP contribution in [0.5, 0.6) is 0 Å². The van der Waals surface area contributed by atoms with E-state index in [-0.39, 0.29) is 72.3 Å². The maximum atomic E-state index is 16.0. The monoisotopic (exact) mass is 1630 g/mol. The van der Waals surface area contributed by atoms with Gasteiger partial charge >= 0.3 is 35.8 Å². The first-order valence-corrected chi connectivity index (χ1v) is 41.3. The van der Waals surface area contributed by atoms with Crippen molar-refractivity contribution in [3.8, 4) is 0 Å². The maximum Gasteiger partial charge on any atom is 0.338 e. The average Bonchev–Trinajstić information content (AvgIpc) is 1.54. The maximum absolute atomic E-state index is 16.0. The molecule has 0 aliphatic carbocycles. The third-order valence-electron chi connectivity index (χ3n) is 21.3. The molecule has 1 N–H and O–H groups in total. The standard InChI is InChI=1S/C90H81N3O25Si/c1-52(2)119(4,5)118-73-67(51-109-84(102)55-34-16-8-17-35-55)112-90(70(76(73)115-87(105)58-40-22-11-23-41-58)93-80(98)63-46-28-29-47-64(63)81(93)99)117-72-66(50-108-83(101)54-32-14-7-15-33-54)111-89(69(75(72)114-86(104)57-38-20-10-21-39-57)92-78(96)61-44-26-27-45-62(61)79(92)97)116-71-65(49-107-82(100)53-30-12-6-13-31-53)110-88(106-3)68(74(71)113-85(103)56-36-18-9-19-37-56)91-77(95)60-43-25-24-42-59(60)48-94/h6-48,52,65-76,88-90H,49-51H2,1-5H3,(H,91,95). The van der Waals surface area contributed by atoms with Gasteiger partial charge in [0.15, 0.2) is 51.8 Å². The number of hydrogen-bond acceptors (Lipinski definition) is 25. The third-order valence-corrected chi connectivity index (χ3v) is 25.0. The van der Waals surface area contributed by atoms with Crippen LogP contribution in [0.2, 0.25) is 18.6 Å². The van der Waals surface area contributed by atoms with Crippen LogP contribution >= 0.6 is 0 Å². The lowest BCUT2D eigenvalue weighted by Crippen LogP contribution is -2.73. The minimum absolute atomic E-state index is 0.0208. The van der Waals surface area contributed by atoms with Crippen LogP contribution < -0.4 is 5.32 Å². The van der Waals surface area contributed by atoms with E-state index in [9.17, 15) is 24.0 Å². The number of rotatable bonds is 28. The quantitative estimate of drug-likeness (QED) is 0.0156. The Hall–Kier alpha value is -12.8. The number of fused-ring (bicyclic) bond motifs is 2. The molecule has 14 rings (SSSR count). The predicted molar refractivity (Wildman–Crippen MR) is 422 cm³/mol. The van der Waals surface area contributed by atoms with E-state index in [2.05, 4.69) is 5.32 Å². The summed E-state index contributed by atoms with van der Waals surface area (Å²) < 4.78 is 88.0. The number of nitrogens with zero attached hydrogens (tertiary/aromatic N) is 2. The van der Waals surface area contributed by atoms with Crippen molar-refractivity contribution in [2.45, 2.75) is 124 Å². The van der Waals surface area contributed by atoms with Gasteiger partial charge in [-0.2, -0.15) is 0 Å². The van der Waals surface area contributed by atoms with Crippen molar-refractivity contribution >= 4 is 80.0 Å². The fraction of sp³-hybridized carbons (Fsp3) is 0.267. The van der Waals surface area contributed by atoms with E-state index in [1.165, 1.54) is 177 Å². The largest absolute Gasteiger partial charge is 0.459 e. The summed E-state index contributed by atoms with van der Waals surface area (Å²) in [5.41, 5.74) is -1.31. The lowest BCUT2D eigenvalue weighted by molar-refractivity contribution is -0.357. The van der Waals surface area contributed by atoms with Gasteiger partial charge in [0.2, 0.25) is 0 Å². The number of hydrogen-bond donors (Lipinski definition) is 1. The normalized spacial score (nSPS) is 23.9. The summed E-state index contributed by atoms with van der Waals surface area (Å²) in [6, 6.07) is 56.9. The molecule has 9 aromatic carbocycles. The van der Waals surface area contributed by atoms with E-state index in [1.807, 2.05) is 26.9 Å². The molecule has 15 atom stereocenters. The van der Waals surface area contributed by atoms with Crippen molar-refractivity contribution in [1.82, 2.24) is 15.1 Å². The van der Waals surface area contributed by atoms with Crippen LogP contribution in [0.4, 0.5) is 0 Å². The molecule has 119 heavy (non-hydrogen) atoms. The fourth-order valence-electron chi connectivity index (χ4n) is 14.6. The van der Waals surface area contributed by atoms with Gasteiger partial charge in [0.25, 0.3) is 29.5 Å². The molecule has 0 bridgehead atoms. The molecule has 9 aromatic rings. The van der Waals surface area contributed by atoms with E-state index >= 15 is 33.6 Å². The summed E-state index contributed by atoms with van der Waals surface area (Å²) >= 11 is 0. The van der Waals surface area contributed by atoms with Crippen LogP contribution in [-0.2, 0) is 61.3 Å². The third kappa shape index (κ3) is 17.9. The van der Waals surface area contributed by atoms with Crippen molar-refractivity contribution in [3.05, 3.63) is 322 Å². The van der Waals surface area contributed by atoms with Gasteiger partial charge in [-0.25, -0.2) is 28.8 Å². The zero-order valence-corrected chi connectivity index (χ0v) is 65.8. The second-order valence-corrected chi connectivity index (χ2v) is 33.8. The number of imide groups is 2. The zero-order valence-electron chi connectivity index (χ0n) is 64.8. The van der Waals surface area contributed by atoms with Gasteiger partial charge in [-0.15, -0.1) is 0 Å². The number of benzene rings is 9. The molecular formula is C90H81N3O25Si. The summed E-state index contributed by atoms with van der Waals surface area (Å²) in [6.07, 6.45) is -23.6. The highest BCUT2D eigenvalue weighted by Gasteiger charge is 2.64. The topological polar surface area (TPSA) is 343 Å². The molecule has 29 heteroatoms. The first-order chi connectivity index (χ1) is 57.6. The Kier molecular flexibility index (Phi) is 25.5. The van der Waals surface area contributed by atoms with Crippen molar-refractivity contribution in [2.24, 2.45) is 0 Å². The van der Waals surface area contributed by atoms with Crippen LogP contribution in [-0.4, -0.2) is 209 Å². The molecule has 3 saturated heterocycles. The number of nitrogens with one attached hydrogen (secondary N) is 1. The number of methoxy groups -OCH3 is 1. The Labute approximate surface area is 683 Å². The van der Waals surface area contributed by atoms with Crippen LogP contribution in [0.1, 0.15) is 138 Å². The summed E-state index contributed by atoms with van der Waals surface area (Å²) in [6.45, 7) is 4.90. The first-order valence-electron chi connectivity index (χ1n) is 38.3. The SMILES string of the molecule is COC1OC(COC(=O)c2ccccc2)C(OC2OC(COC(=O)c3ccccc3)C(OC3OC(COC(=O)c4ccccc4)C(O[Si](C)(C)C(C)C)C(OC(=O)c4ccccc4)C3N3C(=O)c4ccccc4C3=O)C(OC(=O)c3ccccc3)C2N2C(=O)c3ccccc3C2=O)C(OC(=O)c2ccccc2)C1NC(=O)c1ccccc1C=O. The van der Waals surface area contributed by atoms with Gasteiger partial charge in [-0.05, 0) is 122 Å². The lowest BCUT2D eigenvalue weighted by Gasteiger charge is -2.53. The van der Waals surface area contributed by atoms with Gasteiger partial charge < -0.3 is 66.6 Å². The highest BCUT2D eigenvalue weighted by atomic mass is 28.4. The second-order valence-electron chi connectivity index (χ2n) is 29.2. The minimum Gasteiger partial charge on any atom is -0.459 e. The molecule has 0 radical (unpaired) electrons. The van der Waals surface area contributed by atoms with Crippen LogP contribution in [0, 0.1) is 0 Å². The number of carbonyl (C=O) groups is 12. The molecular weight excluding hydrogens is 1550 g/mol. The average molecular weight is 1630 g/mol. The summed E-state index contributed by atoms with van der Waals surface area (Å²) in [7, 11) is -2.01. The van der Waals surface area contributed by atoms with E-state index < -0.39 is 185 Å². The Balaban J connectivity index is 0.995. The van der Waals surface area contributed by atoms with E-state index in [4.69, 9.17) is 61.3 Å². The molecule has 3 fully saturated rings. The predicted octanol–water partition coefficient (Wildman–Crippen LogP) is 10.8. The van der Waals surface area contributed by atoms with Crippen molar-refractivity contribution < 1.29 is 119 Å². The highest BCUT2D eigenvalue weighted by molar-refractivity contribution is 6.72. The van der Waals surface area contributed by atoms with Crippen LogP contribution in [0.3, 0.4) is 0 Å². The van der Waals surface area contributed by atoms with E-state index in [0.717, 1.165) is 4.90 Å². The lowest BCUT2D eigenvalue weighted by atomic mass is 9.92. The molecule has 5 aliphatic heterocycles. The zero-order chi connectivity index (χ0) is 83.6. The number of aldehydes is 1. The minimum atomic E-state index is -3.20. The molecule has 5 amide bonds. The first kappa shape index (κ1) is 82.7. The van der Waals surface area contributed by atoms with Crippen LogP contribution in [0.15, 0.2) is 255 Å².